The molecule has 2 heterocycles. The molecule has 0 saturated carbocycles. The summed E-state index contributed by atoms with van der Waals surface area (Å²) in [7, 11) is 3.04. The molecule has 3 aromatic carbocycles. The highest BCUT2D eigenvalue weighted by Gasteiger charge is 2.19. The van der Waals surface area contributed by atoms with Crippen LogP contribution in [0.25, 0.3) is 10.9 Å². The van der Waals surface area contributed by atoms with Crippen LogP contribution in [-0.4, -0.2) is 47.3 Å². The van der Waals surface area contributed by atoms with Crippen molar-refractivity contribution in [2.75, 3.05) is 27.3 Å². The van der Waals surface area contributed by atoms with Gasteiger partial charge in [-0.15, -0.1) is 0 Å². The fourth-order valence-corrected chi connectivity index (χ4v) is 5.30. The number of aromatic nitrogens is 2. The number of rotatable bonds is 7. The van der Waals surface area contributed by atoms with E-state index in [1.165, 1.54) is 18.8 Å². The number of fused-ring (bicyclic) bond motifs is 1. The van der Waals surface area contributed by atoms with Gasteiger partial charge in [-0.05, 0) is 49.1 Å². The maximum atomic E-state index is 13.8. The molecule has 4 aromatic rings. The van der Waals surface area contributed by atoms with E-state index in [0.717, 1.165) is 55.5 Å². The van der Waals surface area contributed by atoms with Crippen LogP contribution in [0.4, 0.5) is 0 Å². The van der Waals surface area contributed by atoms with Crippen molar-refractivity contribution in [2.45, 2.75) is 45.7 Å². The molecule has 1 fully saturated rings. The zero-order chi connectivity index (χ0) is 28.2. The molecule has 0 bridgehead atoms. The number of aryl methyl sites for hydroxylation is 1. The number of carbonyl (C=O) groups is 1. The summed E-state index contributed by atoms with van der Waals surface area (Å²) >= 11 is 0. The summed E-state index contributed by atoms with van der Waals surface area (Å²) in [5.74, 6) is 0.877. The quantitative estimate of drug-likeness (QED) is 0.342. The van der Waals surface area contributed by atoms with E-state index in [-0.39, 0.29) is 19.0 Å². The number of methoxy groups -OCH3 is 2. The predicted octanol–water partition coefficient (Wildman–Crippen LogP) is 4.60. The second-order valence-corrected chi connectivity index (χ2v) is 10.4. The Balaban J connectivity index is 1.54. The lowest BCUT2D eigenvalue weighted by Crippen LogP contribution is -2.40. The summed E-state index contributed by atoms with van der Waals surface area (Å²) in [4.78, 5) is 42.5. The van der Waals surface area contributed by atoms with Crippen LogP contribution < -0.4 is 20.7 Å². The van der Waals surface area contributed by atoms with Crippen LogP contribution in [0, 0.1) is 6.92 Å². The van der Waals surface area contributed by atoms with E-state index in [9.17, 15) is 14.4 Å². The number of amides is 1. The molecule has 5 rings (SSSR count). The number of nitrogens with zero attached hydrogens (tertiary/aromatic N) is 3. The van der Waals surface area contributed by atoms with Gasteiger partial charge in [-0.3, -0.25) is 18.7 Å². The molecule has 1 saturated heterocycles. The van der Waals surface area contributed by atoms with Gasteiger partial charge in [0, 0.05) is 24.7 Å². The molecule has 1 aliphatic heterocycles. The molecule has 1 aromatic heterocycles. The van der Waals surface area contributed by atoms with Crippen LogP contribution in [-0.2, 0) is 13.1 Å². The Morgan fingerprint density at radius 3 is 1.90 bits per heavy atom. The summed E-state index contributed by atoms with van der Waals surface area (Å²) in [6.07, 6.45) is 4.37. The minimum atomic E-state index is -0.421. The molecule has 40 heavy (non-hydrogen) atoms. The molecule has 208 valence electrons. The summed E-state index contributed by atoms with van der Waals surface area (Å²) in [6.45, 7) is 3.93. The second-order valence-electron chi connectivity index (χ2n) is 10.4. The summed E-state index contributed by atoms with van der Waals surface area (Å²) in [5.41, 5.74) is 3.07. The van der Waals surface area contributed by atoms with Crippen LogP contribution in [0.15, 0.2) is 70.3 Å². The van der Waals surface area contributed by atoms with Gasteiger partial charge in [0.25, 0.3) is 11.5 Å². The Labute approximate surface area is 233 Å². The number of ether oxygens (including phenoxy) is 2. The molecule has 1 amide bonds. The van der Waals surface area contributed by atoms with Crippen LogP contribution in [0.5, 0.6) is 11.5 Å². The first kappa shape index (κ1) is 27.2. The van der Waals surface area contributed by atoms with Gasteiger partial charge in [0.1, 0.15) is 0 Å². The largest absolute Gasteiger partial charge is 0.493 e. The first-order valence-electron chi connectivity index (χ1n) is 13.7. The van der Waals surface area contributed by atoms with Crippen LogP contribution in [0.2, 0.25) is 0 Å². The van der Waals surface area contributed by atoms with Crippen molar-refractivity contribution < 1.29 is 14.3 Å². The van der Waals surface area contributed by atoms with Crippen LogP contribution in [0.3, 0.4) is 0 Å². The van der Waals surface area contributed by atoms with E-state index in [1.807, 2.05) is 48.2 Å². The van der Waals surface area contributed by atoms with Gasteiger partial charge in [-0.2, -0.15) is 0 Å². The summed E-state index contributed by atoms with van der Waals surface area (Å²) in [6, 6.07) is 18.5. The summed E-state index contributed by atoms with van der Waals surface area (Å²) in [5, 5.41) is 0.359. The van der Waals surface area contributed by atoms with E-state index >= 15 is 0 Å². The number of hydrogen-bond donors (Lipinski definition) is 0. The average molecular weight is 542 g/mol. The highest BCUT2D eigenvalue weighted by atomic mass is 16.5. The number of hydrogen-bond acceptors (Lipinski definition) is 5. The smallest absolute Gasteiger partial charge is 0.332 e. The van der Waals surface area contributed by atoms with Crippen molar-refractivity contribution >= 4 is 16.8 Å². The van der Waals surface area contributed by atoms with Crippen LogP contribution >= 0.6 is 0 Å². The molecular weight excluding hydrogens is 506 g/mol. The molecule has 0 atom stereocenters. The Hall–Kier alpha value is -4.33. The highest BCUT2D eigenvalue weighted by Crippen LogP contribution is 2.30. The van der Waals surface area contributed by atoms with Gasteiger partial charge in [-0.25, -0.2) is 4.79 Å². The molecular formula is C32H35N3O5. The van der Waals surface area contributed by atoms with E-state index in [2.05, 4.69) is 0 Å². The van der Waals surface area contributed by atoms with Crippen molar-refractivity contribution in [1.82, 2.24) is 14.0 Å². The monoisotopic (exact) mass is 541 g/mol. The Morgan fingerprint density at radius 2 is 1.30 bits per heavy atom. The van der Waals surface area contributed by atoms with Gasteiger partial charge in [0.05, 0.1) is 38.2 Å². The van der Waals surface area contributed by atoms with Gasteiger partial charge in [0.15, 0.2) is 11.5 Å². The molecule has 8 nitrogen and oxygen atoms in total. The normalized spacial score (nSPS) is 13.7. The third kappa shape index (κ3) is 5.52. The topological polar surface area (TPSA) is 82.8 Å². The Kier molecular flexibility index (Phi) is 8.05. The van der Waals surface area contributed by atoms with Crippen molar-refractivity contribution in [1.29, 1.82) is 0 Å². The molecule has 0 N–H and O–H groups in total. The fourth-order valence-electron chi connectivity index (χ4n) is 5.30. The standard InChI is InChI=1S/C32H35N3O5/c1-22-8-10-23(11-9-22)20-34-27-19-29(40-3)28(39-2)18-26(27)31(37)35(32(34)38)21-24-12-14-25(15-13-24)30(36)33-16-6-4-5-7-17-33/h8-15,18-19H,4-7,16-17,20-21H2,1-3H3. The fraction of sp³-hybridized carbons (Fsp3) is 0.344. The second kappa shape index (κ2) is 11.8. The maximum Gasteiger partial charge on any atom is 0.332 e. The third-order valence-electron chi connectivity index (χ3n) is 7.63. The predicted molar refractivity (Wildman–Crippen MR) is 156 cm³/mol. The minimum Gasteiger partial charge on any atom is -0.493 e. The van der Waals surface area contributed by atoms with Crippen molar-refractivity contribution in [3.8, 4) is 11.5 Å². The lowest BCUT2D eigenvalue weighted by atomic mass is 10.1. The molecule has 0 aliphatic carbocycles. The van der Waals surface area contributed by atoms with E-state index in [1.54, 1.807) is 28.8 Å². The van der Waals surface area contributed by atoms with Gasteiger partial charge in [-0.1, -0.05) is 54.8 Å². The van der Waals surface area contributed by atoms with Gasteiger partial charge < -0.3 is 14.4 Å². The molecule has 0 radical (unpaired) electrons. The summed E-state index contributed by atoms with van der Waals surface area (Å²) < 4.78 is 13.8. The van der Waals surface area contributed by atoms with Crippen molar-refractivity contribution in [2.24, 2.45) is 0 Å². The van der Waals surface area contributed by atoms with Crippen molar-refractivity contribution in [3.63, 3.8) is 0 Å². The Morgan fingerprint density at radius 1 is 0.750 bits per heavy atom. The third-order valence-corrected chi connectivity index (χ3v) is 7.63. The first-order valence-corrected chi connectivity index (χ1v) is 13.7. The van der Waals surface area contributed by atoms with Gasteiger partial charge >= 0.3 is 5.69 Å². The molecule has 0 spiro atoms. The number of likely N-dealkylation sites (tertiary alicyclic amines) is 1. The number of carbonyl (C=O) groups excluding carboxylic acids is 1. The van der Waals surface area contributed by atoms with E-state index in [4.69, 9.17) is 9.47 Å². The van der Waals surface area contributed by atoms with Crippen LogP contribution in [0.1, 0.15) is 52.7 Å². The lowest BCUT2D eigenvalue weighted by molar-refractivity contribution is 0.0761. The van der Waals surface area contributed by atoms with Gasteiger partial charge in [0.2, 0.25) is 0 Å². The minimum absolute atomic E-state index is 0.0258. The maximum absolute atomic E-state index is 13.8. The molecule has 8 heteroatoms. The zero-order valence-corrected chi connectivity index (χ0v) is 23.3. The van der Waals surface area contributed by atoms with Crippen molar-refractivity contribution in [3.05, 3.63) is 104 Å². The average Bonchev–Trinajstić information content (AvgIpc) is 3.27. The lowest BCUT2D eigenvalue weighted by Gasteiger charge is -2.20. The Bertz CT molecular complexity index is 1630. The zero-order valence-electron chi connectivity index (χ0n) is 23.3. The van der Waals surface area contributed by atoms with E-state index < -0.39 is 11.2 Å². The first-order chi connectivity index (χ1) is 19.4. The number of benzene rings is 3. The van der Waals surface area contributed by atoms with E-state index in [0.29, 0.717) is 28.0 Å². The highest BCUT2D eigenvalue weighted by molar-refractivity contribution is 5.94. The molecule has 0 unspecified atom stereocenters. The SMILES string of the molecule is COc1cc2c(=O)n(Cc3ccc(C(=O)N4CCCCCC4)cc3)c(=O)n(Cc3ccc(C)cc3)c2cc1OC. The molecule has 1 aliphatic rings.